The van der Waals surface area contributed by atoms with Gasteiger partial charge in [-0.1, -0.05) is 31.9 Å². The lowest BCUT2D eigenvalue weighted by Gasteiger charge is -2.38. The van der Waals surface area contributed by atoms with Crippen molar-refractivity contribution in [3.05, 3.63) is 11.6 Å². The summed E-state index contributed by atoms with van der Waals surface area (Å²) >= 11 is 0. The van der Waals surface area contributed by atoms with Crippen LogP contribution in [0.2, 0.25) is 0 Å². The number of methoxy groups -OCH3 is 1. The molecule has 0 aromatic heterocycles. The van der Waals surface area contributed by atoms with Crippen LogP contribution in [0.1, 0.15) is 52.9 Å². The average Bonchev–Trinajstić information content (AvgIpc) is 2.55. The summed E-state index contributed by atoms with van der Waals surface area (Å²) in [6.07, 6.45) is 10.1. The standard InChI is InChI=1S/C14H22O2.C2H6.CH3NO/c1-10(16-2)14-8-12-6-4-3-5-11(12)7-13(14)9-15;1-2;2-1-3/h7,9-10,12-14H,3-6,8H2,1-2H3;1-2H3;1H,(H2,2,3). The van der Waals surface area contributed by atoms with Crippen molar-refractivity contribution in [1.82, 2.24) is 0 Å². The van der Waals surface area contributed by atoms with Crippen LogP contribution in [0.5, 0.6) is 0 Å². The third-order valence-corrected chi connectivity index (χ3v) is 4.38. The molecule has 2 aliphatic carbocycles. The van der Waals surface area contributed by atoms with Gasteiger partial charge in [0.1, 0.15) is 6.29 Å². The topological polar surface area (TPSA) is 69.4 Å². The largest absolute Gasteiger partial charge is 0.381 e. The number of amides is 1. The molecule has 0 aromatic carbocycles. The van der Waals surface area contributed by atoms with Gasteiger partial charge in [-0.15, -0.1) is 0 Å². The van der Waals surface area contributed by atoms with E-state index >= 15 is 0 Å². The third kappa shape index (κ3) is 6.00. The van der Waals surface area contributed by atoms with Gasteiger partial charge < -0.3 is 15.3 Å². The minimum absolute atomic E-state index is 0.0827. The van der Waals surface area contributed by atoms with Gasteiger partial charge in [-0.3, -0.25) is 4.79 Å². The van der Waals surface area contributed by atoms with Crippen LogP contribution in [0, 0.1) is 17.8 Å². The first-order chi connectivity index (χ1) is 10.2. The third-order valence-electron chi connectivity index (χ3n) is 4.38. The van der Waals surface area contributed by atoms with Gasteiger partial charge in [-0.05, 0) is 44.4 Å². The van der Waals surface area contributed by atoms with Crippen molar-refractivity contribution in [2.75, 3.05) is 7.11 Å². The smallest absolute Gasteiger partial charge is 0.204 e. The van der Waals surface area contributed by atoms with Crippen molar-refractivity contribution < 1.29 is 14.3 Å². The zero-order chi connectivity index (χ0) is 16.3. The maximum atomic E-state index is 11.2. The first-order valence-electron chi connectivity index (χ1n) is 8.02. The number of aldehydes is 1. The second-order valence-electron chi connectivity index (χ2n) is 5.37. The molecule has 122 valence electrons. The molecule has 4 heteroatoms. The zero-order valence-corrected chi connectivity index (χ0v) is 13.9. The molecule has 0 spiro atoms. The lowest BCUT2D eigenvalue weighted by molar-refractivity contribution is -0.113. The molecule has 2 N–H and O–H groups in total. The van der Waals surface area contributed by atoms with E-state index in [0.29, 0.717) is 5.92 Å². The van der Waals surface area contributed by atoms with Gasteiger partial charge in [-0.25, -0.2) is 0 Å². The first kappa shape index (κ1) is 19.8. The van der Waals surface area contributed by atoms with Crippen molar-refractivity contribution in [1.29, 1.82) is 0 Å². The Hall–Kier alpha value is -1.16. The fourth-order valence-corrected chi connectivity index (χ4v) is 3.27. The van der Waals surface area contributed by atoms with E-state index in [2.05, 4.69) is 18.7 Å². The highest BCUT2D eigenvalue weighted by atomic mass is 16.5. The summed E-state index contributed by atoms with van der Waals surface area (Å²) in [6, 6.07) is 0. The molecule has 2 aliphatic rings. The predicted octanol–water partition coefficient (Wildman–Crippen LogP) is 3.10. The maximum absolute atomic E-state index is 11.2. The van der Waals surface area contributed by atoms with Crippen LogP contribution >= 0.6 is 0 Å². The average molecular weight is 297 g/mol. The van der Waals surface area contributed by atoms with Crippen LogP contribution in [-0.2, 0) is 14.3 Å². The van der Waals surface area contributed by atoms with Crippen molar-refractivity contribution >= 4 is 12.7 Å². The van der Waals surface area contributed by atoms with Gasteiger partial charge in [0.15, 0.2) is 0 Å². The Kier molecular flexibility index (Phi) is 10.9. The number of hydrogen-bond acceptors (Lipinski definition) is 3. The Morgan fingerprint density at radius 2 is 1.95 bits per heavy atom. The summed E-state index contributed by atoms with van der Waals surface area (Å²) in [7, 11) is 1.74. The van der Waals surface area contributed by atoms with E-state index in [4.69, 9.17) is 9.53 Å². The molecule has 0 heterocycles. The highest BCUT2D eigenvalue weighted by Gasteiger charge is 2.34. The number of fused-ring (bicyclic) bond motifs is 1. The van der Waals surface area contributed by atoms with E-state index in [0.717, 1.165) is 18.6 Å². The molecule has 0 aliphatic heterocycles. The van der Waals surface area contributed by atoms with Crippen LogP contribution < -0.4 is 5.73 Å². The van der Waals surface area contributed by atoms with E-state index in [1.807, 2.05) is 13.8 Å². The number of primary amides is 1. The summed E-state index contributed by atoms with van der Waals surface area (Å²) in [4.78, 5) is 19.7. The quantitative estimate of drug-likeness (QED) is 0.643. The zero-order valence-electron chi connectivity index (χ0n) is 13.9. The molecular weight excluding hydrogens is 266 g/mol. The highest BCUT2D eigenvalue weighted by Crippen LogP contribution is 2.42. The normalized spacial score (nSPS) is 28.4. The molecule has 1 fully saturated rings. The highest BCUT2D eigenvalue weighted by molar-refractivity contribution is 5.58. The van der Waals surface area contributed by atoms with Crippen molar-refractivity contribution in [3.63, 3.8) is 0 Å². The van der Waals surface area contributed by atoms with Crippen LogP contribution in [0.15, 0.2) is 11.6 Å². The van der Waals surface area contributed by atoms with E-state index in [1.54, 1.807) is 12.7 Å². The minimum Gasteiger partial charge on any atom is -0.381 e. The van der Waals surface area contributed by atoms with Crippen molar-refractivity contribution in [2.24, 2.45) is 23.5 Å². The molecule has 4 atom stereocenters. The lowest BCUT2D eigenvalue weighted by Crippen LogP contribution is -2.34. The molecule has 0 aromatic rings. The summed E-state index contributed by atoms with van der Waals surface area (Å²) in [5.41, 5.74) is 5.71. The number of ether oxygens (including phenoxy) is 1. The van der Waals surface area contributed by atoms with Gasteiger partial charge in [-0.2, -0.15) is 0 Å². The summed E-state index contributed by atoms with van der Waals surface area (Å²) in [5.74, 6) is 1.20. The van der Waals surface area contributed by atoms with E-state index in [-0.39, 0.29) is 18.4 Å². The molecule has 0 saturated heterocycles. The van der Waals surface area contributed by atoms with E-state index < -0.39 is 0 Å². The Bertz CT molecular complexity index is 328. The number of rotatable bonds is 3. The number of carbonyl (C=O) groups excluding carboxylic acids is 2. The Morgan fingerprint density at radius 3 is 2.48 bits per heavy atom. The summed E-state index contributed by atoms with van der Waals surface area (Å²) < 4.78 is 5.41. The number of nitrogens with two attached hydrogens (primary N) is 1. The number of carbonyl (C=O) groups is 2. The maximum Gasteiger partial charge on any atom is 0.204 e. The van der Waals surface area contributed by atoms with Crippen LogP contribution in [0.4, 0.5) is 0 Å². The first-order valence-corrected chi connectivity index (χ1v) is 8.02. The van der Waals surface area contributed by atoms with Crippen molar-refractivity contribution in [3.8, 4) is 0 Å². The van der Waals surface area contributed by atoms with Gasteiger partial charge >= 0.3 is 0 Å². The second-order valence-corrected chi connectivity index (χ2v) is 5.37. The Labute approximate surface area is 129 Å². The molecule has 1 saturated carbocycles. The molecule has 0 radical (unpaired) electrons. The lowest BCUT2D eigenvalue weighted by atomic mass is 9.69. The summed E-state index contributed by atoms with van der Waals surface area (Å²) in [6.45, 7) is 6.09. The van der Waals surface area contributed by atoms with Crippen LogP contribution in [0.3, 0.4) is 0 Å². The van der Waals surface area contributed by atoms with E-state index in [1.165, 1.54) is 25.7 Å². The minimum atomic E-state index is 0.0827. The van der Waals surface area contributed by atoms with Gasteiger partial charge in [0.2, 0.25) is 6.41 Å². The monoisotopic (exact) mass is 297 g/mol. The van der Waals surface area contributed by atoms with Gasteiger partial charge in [0.05, 0.1) is 6.10 Å². The molecular formula is C17H31NO3. The molecule has 2 rings (SSSR count). The second kappa shape index (κ2) is 11.5. The summed E-state index contributed by atoms with van der Waals surface area (Å²) in [5, 5.41) is 0. The molecule has 0 bridgehead atoms. The molecule has 1 amide bonds. The fourth-order valence-electron chi connectivity index (χ4n) is 3.27. The fraction of sp³-hybridized carbons (Fsp3) is 0.765. The predicted molar refractivity (Wildman–Crippen MR) is 85.8 cm³/mol. The molecule has 4 unspecified atom stereocenters. The number of hydrogen-bond donors (Lipinski definition) is 1. The van der Waals surface area contributed by atoms with Gasteiger partial charge in [0.25, 0.3) is 0 Å². The van der Waals surface area contributed by atoms with E-state index in [9.17, 15) is 4.79 Å². The molecule has 21 heavy (non-hydrogen) atoms. The SMILES string of the molecule is CC.COC(C)C1CC2CCCCC2=CC1C=O.NC=O. The Balaban J connectivity index is 0.000000713. The van der Waals surface area contributed by atoms with Crippen LogP contribution in [-0.4, -0.2) is 25.9 Å². The van der Waals surface area contributed by atoms with Crippen molar-refractivity contribution in [2.45, 2.75) is 59.0 Å². The number of allylic oxidation sites excluding steroid dienone is 2. The molecule has 4 nitrogen and oxygen atoms in total. The van der Waals surface area contributed by atoms with Gasteiger partial charge in [0, 0.05) is 13.0 Å². The Morgan fingerprint density at radius 1 is 1.33 bits per heavy atom. The van der Waals surface area contributed by atoms with Crippen LogP contribution in [0.25, 0.3) is 0 Å².